The number of nitrogens with zero attached hydrogens (tertiary/aromatic N) is 6. The normalized spacial score (nSPS) is 21.8. The van der Waals surface area contributed by atoms with E-state index in [9.17, 15) is 0 Å². The highest BCUT2D eigenvalue weighted by Crippen LogP contribution is 2.43. The predicted octanol–water partition coefficient (Wildman–Crippen LogP) is 4.92. The average Bonchev–Trinajstić information content (AvgIpc) is 3.65. The Morgan fingerprint density at radius 2 is 1.84 bits per heavy atom. The molecule has 3 unspecified atom stereocenters. The molecule has 0 bridgehead atoms. The van der Waals surface area contributed by atoms with Gasteiger partial charge >= 0.3 is 0 Å². The van der Waals surface area contributed by atoms with Crippen LogP contribution in [0.4, 0.5) is 26.1 Å². The molecule has 1 aliphatic carbocycles. The summed E-state index contributed by atoms with van der Waals surface area (Å²) in [5.41, 5.74) is 8.83. The number of pyridine rings is 1. The lowest BCUT2D eigenvalue weighted by atomic mass is 9.89. The summed E-state index contributed by atoms with van der Waals surface area (Å²) < 4.78 is 43.8. The number of ether oxygens (including phenoxy) is 2. The van der Waals surface area contributed by atoms with Crippen molar-refractivity contribution in [3.63, 3.8) is 0 Å². The van der Waals surface area contributed by atoms with E-state index in [-0.39, 0.29) is 29.3 Å². The molecule has 1 aliphatic heterocycles. The first-order valence-electron chi connectivity index (χ1n) is 15.0. The van der Waals surface area contributed by atoms with E-state index in [0.717, 1.165) is 43.6 Å². The highest BCUT2D eigenvalue weighted by atomic mass is 19.1. The van der Waals surface area contributed by atoms with Crippen LogP contribution in [-0.4, -0.2) is 77.7 Å². The Morgan fingerprint density at radius 1 is 1.09 bits per heavy atom. The van der Waals surface area contributed by atoms with Crippen molar-refractivity contribution >= 4 is 22.8 Å². The van der Waals surface area contributed by atoms with Crippen LogP contribution in [0.1, 0.15) is 38.2 Å². The molecule has 4 aromatic rings. The number of hydrogen-bond acceptors (Lipinski definition) is 9. The fourth-order valence-corrected chi connectivity index (χ4v) is 7.18. The van der Waals surface area contributed by atoms with Crippen molar-refractivity contribution in [3.8, 4) is 11.3 Å². The zero-order chi connectivity index (χ0) is 31.0. The maximum absolute atomic E-state index is 15.6. The molecule has 2 aliphatic rings. The number of fused-ring (bicyclic) bond motifs is 1. The first-order chi connectivity index (χ1) is 21.2. The van der Waals surface area contributed by atoms with Crippen molar-refractivity contribution in [2.45, 2.75) is 50.3 Å². The van der Waals surface area contributed by atoms with Crippen molar-refractivity contribution in [2.24, 2.45) is 11.7 Å². The average molecular weight is 607 g/mol. The van der Waals surface area contributed by atoms with Crippen LogP contribution < -0.4 is 16.0 Å². The number of nitrogens with one attached hydrogen (secondary N) is 1. The summed E-state index contributed by atoms with van der Waals surface area (Å²) in [5.74, 6) is -0.682. The number of nitrogens with two attached hydrogens (primary N) is 1. The van der Waals surface area contributed by atoms with Crippen molar-refractivity contribution < 1.29 is 18.3 Å². The van der Waals surface area contributed by atoms with Gasteiger partial charge in [-0.25, -0.2) is 13.8 Å². The molecule has 3 atom stereocenters. The molecule has 0 radical (unpaired) electrons. The van der Waals surface area contributed by atoms with Gasteiger partial charge in [0.1, 0.15) is 11.6 Å². The second-order valence-corrected chi connectivity index (χ2v) is 12.1. The number of rotatable bonds is 9. The van der Waals surface area contributed by atoms with Gasteiger partial charge < -0.3 is 25.4 Å². The number of imidazole rings is 1. The Morgan fingerprint density at radius 3 is 2.52 bits per heavy atom. The van der Waals surface area contributed by atoms with Gasteiger partial charge in [-0.15, -0.1) is 0 Å². The Labute approximate surface area is 256 Å². The van der Waals surface area contributed by atoms with Crippen LogP contribution in [0.25, 0.3) is 16.8 Å². The van der Waals surface area contributed by atoms with Gasteiger partial charge in [0.15, 0.2) is 0 Å². The first kappa shape index (κ1) is 30.3. The Bertz CT molecular complexity index is 1590. The lowest BCUT2D eigenvalue weighted by molar-refractivity contribution is -0.00914. The number of piperidine rings is 1. The number of anilines is 3. The van der Waals surface area contributed by atoms with Crippen LogP contribution in [0.3, 0.4) is 0 Å². The molecule has 1 saturated carbocycles. The summed E-state index contributed by atoms with van der Waals surface area (Å²) >= 11 is 0. The van der Waals surface area contributed by atoms with E-state index in [2.05, 4.69) is 37.1 Å². The van der Waals surface area contributed by atoms with Crippen LogP contribution in [0.2, 0.25) is 0 Å². The summed E-state index contributed by atoms with van der Waals surface area (Å²) in [6.07, 6.45) is 8.52. The van der Waals surface area contributed by atoms with E-state index in [1.807, 2.05) is 13.1 Å². The summed E-state index contributed by atoms with van der Waals surface area (Å²) in [7, 11) is 5.32. The third-order valence-electron chi connectivity index (χ3n) is 9.20. The molecular weight excluding hydrogens is 566 g/mol. The quantitative estimate of drug-likeness (QED) is 0.257. The highest BCUT2D eigenvalue weighted by molar-refractivity contribution is 5.74. The highest BCUT2D eigenvalue weighted by Gasteiger charge is 2.38. The van der Waals surface area contributed by atoms with Gasteiger partial charge in [-0.3, -0.25) is 9.88 Å². The number of benzene rings is 1. The molecule has 10 nitrogen and oxygen atoms in total. The zero-order valence-corrected chi connectivity index (χ0v) is 25.6. The van der Waals surface area contributed by atoms with E-state index in [0.29, 0.717) is 30.3 Å². The molecular formula is C32H40F2N8O2. The minimum absolute atomic E-state index is 0.0972. The maximum Gasteiger partial charge on any atom is 0.229 e. The van der Waals surface area contributed by atoms with Crippen LogP contribution in [0.15, 0.2) is 48.9 Å². The SMILES string of the molecule is COCN(C)C1C(C)CN(c2ccncc2Nc2ncc3ccc(-c4c(F)cc(C5(OC)CCCC5)cc4F)nn23)CC1N. The summed E-state index contributed by atoms with van der Waals surface area (Å²) in [6.45, 7) is 4.14. The molecule has 4 heterocycles. The number of aromatic nitrogens is 4. The number of halogens is 2. The lowest BCUT2D eigenvalue weighted by Crippen LogP contribution is -2.61. The minimum Gasteiger partial charge on any atom is -0.374 e. The van der Waals surface area contributed by atoms with Gasteiger partial charge in [0.2, 0.25) is 5.95 Å². The molecule has 3 N–H and O–H groups in total. The molecule has 1 aromatic carbocycles. The molecule has 0 amide bonds. The van der Waals surface area contributed by atoms with E-state index in [1.54, 1.807) is 49.5 Å². The van der Waals surface area contributed by atoms with E-state index >= 15 is 8.78 Å². The van der Waals surface area contributed by atoms with Gasteiger partial charge in [-0.05, 0) is 61.7 Å². The molecule has 3 aromatic heterocycles. The van der Waals surface area contributed by atoms with Crippen molar-refractivity contribution in [3.05, 3.63) is 66.1 Å². The fourth-order valence-electron chi connectivity index (χ4n) is 7.18. The second-order valence-electron chi connectivity index (χ2n) is 12.1. The van der Waals surface area contributed by atoms with Gasteiger partial charge in [0.25, 0.3) is 0 Å². The van der Waals surface area contributed by atoms with Gasteiger partial charge in [-0.2, -0.15) is 9.61 Å². The second kappa shape index (κ2) is 12.4. The van der Waals surface area contributed by atoms with Crippen LogP contribution in [-0.2, 0) is 15.1 Å². The zero-order valence-electron chi connectivity index (χ0n) is 25.6. The van der Waals surface area contributed by atoms with Gasteiger partial charge in [0.05, 0.1) is 52.9 Å². The third-order valence-corrected chi connectivity index (χ3v) is 9.20. The van der Waals surface area contributed by atoms with Gasteiger partial charge in [-0.1, -0.05) is 19.8 Å². The summed E-state index contributed by atoms with van der Waals surface area (Å²) in [5, 5.41) is 7.96. The van der Waals surface area contributed by atoms with Crippen molar-refractivity contribution in [1.82, 2.24) is 24.5 Å². The van der Waals surface area contributed by atoms with Crippen LogP contribution in [0, 0.1) is 17.6 Å². The third kappa shape index (κ3) is 5.51. The molecule has 1 saturated heterocycles. The molecule has 12 heteroatoms. The monoisotopic (exact) mass is 606 g/mol. The van der Waals surface area contributed by atoms with Crippen LogP contribution >= 0.6 is 0 Å². The molecule has 6 rings (SSSR count). The Hall–Kier alpha value is -3.71. The minimum atomic E-state index is -0.677. The van der Waals surface area contributed by atoms with Crippen LogP contribution in [0.5, 0.6) is 0 Å². The van der Waals surface area contributed by atoms with E-state index in [1.165, 1.54) is 12.1 Å². The fraction of sp³-hybridized carbons (Fsp3) is 0.469. The molecule has 0 spiro atoms. The van der Waals surface area contributed by atoms with E-state index < -0.39 is 17.2 Å². The van der Waals surface area contributed by atoms with E-state index in [4.69, 9.17) is 15.2 Å². The number of likely N-dealkylation sites (N-methyl/N-ethyl adjacent to an activating group) is 1. The molecule has 44 heavy (non-hydrogen) atoms. The lowest BCUT2D eigenvalue weighted by Gasteiger charge is -2.46. The Kier molecular flexibility index (Phi) is 8.51. The Balaban J connectivity index is 1.29. The standard InChI is InChI=1S/C32H40F2N8O2/c1-20-17-41(18-25(35)30(20)40(2)19-43-3)28-9-12-36-16-27(28)38-31-37-15-22-7-8-26(39-42(22)31)29-23(33)13-21(14-24(29)34)32(44-4)10-5-6-11-32/h7-9,12-16,20,25,30H,5-6,10-11,17-19,35H2,1-4H3,(H,37,38). The maximum atomic E-state index is 15.6. The molecule has 2 fully saturated rings. The van der Waals surface area contributed by atoms with Crippen molar-refractivity contribution in [2.75, 3.05) is 51.3 Å². The summed E-state index contributed by atoms with van der Waals surface area (Å²) in [4.78, 5) is 13.3. The number of hydrogen-bond donors (Lipinski definition) is 2. The largest absolute Gasteiger partial charge is 0.374 e. The number of methoxy groups -OCH3 is 2. The topological polar surface area (TPSA) is 106 Å². The molecule has 234 valence electrons. The first-order valence-corrected chi connectivity index (χ1v) is 15.0. The van der Waals surface area contributed by atoms with Crippen molar-refractivity contribution in [1.29, 1.82) is 0 Å². The summed E-state index contributed by atoms with van der Waals surface area (Å²) in [6, 6.07) is 8.14. The predicted molar refractivity (Wildman–Crippen MR) is 166 cm³/mol. The van der Waals surface area contributed by atoms with Gasteiger partial charge in [0, 0.05) is 45.6 Å². The smallest absolute Gasteiger partial charge is 0.229 e.